The van der Waals surface area contributed by atoms with E-state index in [1.54, 1.807) is 16.4 Å². The average Bonchev–Trinajstić information content (AvgIpc) is 3.24. The standard InChI is InChI=1S/C23H27N3O3S/c1-25-11-13-26(14-12-25)30(28,29)16-9-10-21-20(15-16)17-6-4-7-18(17)23(24-21)19-5-2-3-8-22(19)27/h2-6,8-10,15,17-18,23-24,27H,7,11-14H2,1H3. The molecule has 158 valence electrons. The Morgan fingerprint density at radius 3 is 2.57 bits per heavy atom. The van der Waals surface area contributed by atoms with Crippen molar-refractivity contribution in [2.75, 3.05) is 38.5 Å². The zero-order chi connectivity index (χ0) is 20.9. The summed E-state index contributed by atoms with van der Waals surface area (Å²) in [4.78, 5) is 2.52. The van der Waals surface area contributed by atoms with Gasteiger partial charge in [0.05, 0.1) is 10.9 Å². The molecule has 2 aromatic carbocycles. The molecular formula is C23H27N3O3S. The van der Waals surface area contributed by atoms with Crippen LogP contribution in [0.5, 0.6) is 5.75 Å². The van der Waals surface area contributed by atoms with E-state index in [4.69, 9.17) is 0 Å². The van der Waals surface area contributed by atoms with Gasteiger partial charge in [0.1, 0.15) is 5.75 Å². The normalized spacial score (nSPS) is 26.8. The molecule has 1 aliphatic carbocycles. The van der Waals surface area contributed by atoms with Crippen molar-refractivity contribution in [1.29, 1.82) is 0 Å². The summed E-state index contributed by atoms with van der Waals surface area (Å²) in [5.74, 6) is 0.666. The molecule has 7 heteroatoms. The maximum absolute atomic E-state index is 13.2. The van der Waals surface area contributed by atoms with Crippen molar-refractivity contribution in [3.8, 4) is 5.75 Å². The number of aromatic hydroxyl groups is 1. The Kier molecular flexibility index (Phi) is 4.84. The molecule has 0 saturated carbocycles. The lowest BCUT2D eigenvalue weighted by Gasteiger charge is -2.38. The van der Waals surface area contributed by atoms with Crippen molar-refractivity contribution in [2.45, 2.75) is 23.3 Å². The number of likely N-dealkylation sites (N-methyl/N-ethyl adjacent to an activating group) is 1. The molecule has 2 aromatic rings. The summed E-state index contributed by atoms with van der Waals surface area (Å²) < 4.78 is 28.1. The average molecular weight is 426 g/mol. The number of anilines is 1. The highest BCUT2D eigenvalue weighted by atomic mass is 32.2. The number of hydrogen-bond donors (Lipinski definition) is 2. The van der Waals surface area contributed by atoms with Gasteiger partial charge in [-0.2, -0.15) is 4.31 Å². The molecule has 30 heavy (non-hydrogen) atoms. The van der Waals surface area contributed by atoms with Gasteiger partial charge in [0, 0.05) is 43.3 Å². The highest BCUT2D eigenvalue weighted by Gasteiger charge is 2.39. The SMILES string of the molecule is CN1CCN(S(=O)(=O)c2ccc3c(c2)C2C=CCC2C(c2ccccc2O)N3)CC1. The molecular weight excluding hydrogens is 398 g/mol. The van der Waals surface area contributed by atoms with Crippen LogP contribution < -0.4 is 5.32 Å². The van der Waals surface area contributed by atoms with Crippen molar-refractivity contribution in [3.63, 3.8) is 0 Å². The van der Waals surface area contributed by atoms with Crippen LogP contribution in [-0.2, 0) is 10.0 Å². The van der Waals surface area contributed by atoms with Gasteiger partial charge in [-0.15, -0.1) is 0 Å². The Balaban J connectivity index is 1.50. The lowest BCUT2D eigenvalue weighted by Crippen LogP contribution is -2.47. The molecule has 0 radical (unpaired) electrons. The quantitative estimate of drug-likeness (QED) is 0.739. The Hall–Kier alpha value is -2.35. The number of phenols is 1. The van der Waals surface area contributed by atoms with Gasteiger partial charge in [0.25, 0.3) is 0 Å². The summed E-state index contributed by atoms with van der Waals surface area (Å²) in [6.45, 7) is 2.55. The van der Waals surface area contributed by atoms with E-state index in [1.165, 1.54) is 0 Å². The molecule has 1 saturated heterocycles. The number of rotatable bonds is 3. The second-order valence-corrected chi connectivity index (χ2v) is 10.4. The minimum absolute atomic E-state index is 0.0150. The summed E-state index contributed by atoms with van der Waals surface area (Å²) in [6.07, 6.45) is 5.25. The number of nitrogens with one attached hydrogen (secondary N) is 1. The van der Waals surface area contributed by atoms with Crippen molar-refractivity contribution >= 4 is 15.7 Å². The number of phenolic OH excluding ortho intramolecular Hbond substituents is 1. The van der Waals surface area contributed by atoms with Crippen LogP contribution in [0.15, 0.2) is 59.5 Å². The lowest BCUT2D eigenvalue weighted by atomic mass is 9.77. The number of sulfonamides is 1. The molecule has 2 heterocycles. The molecule has 2 N–H and O–H groups in total. The number of benzene rings is 2. The third kappa shape index (κ3) is 3.21. The van der Waals surface area contributed by atoms with Crippen LogP contribution in [0.1, 0.15) is 29.5 Å². The fourth-order valence-electron chi connectivity index (χ4n) is 4.97. The molecule has 0 spiro atoms. The summed E-state index contributed by atoms with van der Waals surface area (Å²) in [5, 5.41) is 14.0. The number of nitrogens with zero attached hydrogens (tertiary/aromatic N) is 2. The molecule has 5 rings (SSSR count). The van der Waals surface area contributed by atoms with E-state index in [2.05, 4.69) is 22.4 Å². The zero-order valence-corrected chi connectivity index (χ0v) is 17.8. The topological polar surface area (TPSA) is 72.9 Å². The molecule has 2 aliphatic heterocycles. The molecule has 1 fully saturated rings. The van der Waals surface area contributed by atoms with Crippen LogP contribution in [0.25, 0.3) is 0 Å². The van der Waals surface area contributed by atoms with Gasteiger partial charge in [-0.05, 0) is 49.2 Å². The molecule has 6 nitrogen and oxygen atoms in total. The van der Waals surface area contributed by atoms with Gasteiger partial charge in [-0.25, -0.2) is 8.42 Å². The second-order valence-electron chi connectivity index (χ2n) is 8.49. The van der Waals surface area contributed by atoms with Gasteiger partial charge < -0.3 is 15.3 Å². The summed E-state index contributed by atoms with van der Waals surface area (Å²) in [5.41, 5.74) is 2.85. The molecule has 3 aliphatic rings. The van der Waals surface area contributed by atoms with Crippen molar-refractivity contribution in [1.82, 2.24) is 9.21 Å². The fourth-order valence-corrected chi connectivity index (χ4v) is 6.43. The largest absolute Gasteiger partial charge is 0.508 e. The third-order valence-electron chi connectivity index (χ3n) is 6.71. The maximum atomic E-state index is 13.2. The Morgan fingerprint density at radius 2 is 1.80 bits per heavy atom. The zero-order valence-electron chi connectivity index (χ0n) is 17.0. The maximum Gasteiger partial charge on any atom is 0.243 e. The first kappa shape index (κ1) is 19.6. The summed E-state index contributed by atoms with van der Waals surface area (Å²) in [6, 6.07) is 12.9. The molecule has 0 amide bonds. The number of fused-ring (bicyclic) bond motifs is 3. The predicted molar refractivity (Wildman–Crippen MR) is 117 cm³/mol. The molecule has 3 unspecified atom stereocenters. The first-order chi connectivity index (χ1) is 14.4. The van der Waals surface area contributed by atoms with E-state index in [-0.39, 0.29) is 17.9 Å². The van der Waals surface area contributed by atoms with Crippen molar-refractivity contribution in [3.05, 3.63) is 65.7 Å². The predicted octanol–water partition coefficient (Wildman–Crippen LogP) is 3.15. The van der Waals surface area contributed by atoms with E-state index in [1.807, 2.05) is 37.4 Å². The van der Waals surface area contributed by atoms with Crippen LogP contribution in [0.3, 0.4) is 0 Å². The van der Waals surface area contributed by atoms with Crippen LogP contribution in [-0.4, -0.2) is 56.0 Å². The number of allylic oxidation sites excluding steroid dienone is 2. The highest BCUT2D eigenvalue weighted by molar-refractivity contribution is 7.89. The smallest absolute Gasteiger partial charge is 0.243 e. The first-order valence-corrected chi connectivity index (χ1v) is 11.9. The minimum atomic E-state index is -3.51. The lowest BCUT2D eigenvalue weighted by molar-refractivity contribution is 0.222. The van der Waals surface area contributed by atoms with Crippen LogP contribution in [0.2, 0.25) is 0 Å². The van der Waals surface area contributed by atoms with Gasteiger partial charge in [0.2, 0.25) is 10.0 Å². The third-order valence-corrected chi connectivity index (χ3v) is 8.60. The first-order valence-electron chi connectivity index (χ1n) is 10.5. The van der Waals surface area contributed by atoms with Crippen molar-refractivity contribution < 1.29 is 13.5 Å². The van der Waals surface area contributed by atoms with Crippen LogP contribution in [0, 0.1) is 5.92 Å². The molecule has 0 aromatic heterocycles. The summed E-state index contributed by atoms with van der Waals surface area (Å²) in [7, 11) is -1.49. The highest BCUT2D eigenvalue weighted by Crippen LogP contribution is 2.51. The number of hydrogen-bond acceptors (Lipinski definition) is 5. The van der Waals surface area contributed by atoms with Crippen LogP contribution >= 0.6 is 0 Å². The van der Waals surface area contributed by atoms with Gasteiger partial charge in [0.15, 0.2) is 0 Å². The molecule has 0 bridgehead atoms. The Morgan fingerprint density at radius 1 is 1.03 bits per heavy atom. The number of piperazine rings is 1. The van der Waals surface area contributed by atoms with Crippen molar-refractivity contribution in [2.24, 2.45) is 5.92 Å². The van der Waals surface area contributed by atoms with Crippen LogP contribution in [0.4, 0.5) is 5.69 Å². The Labute approximate surface area is 177 Å². The number of para-hydroxylation sites is 1. The monoisotopic (exact) mass is 425 g/mol. The second kappa shape index (κ2) is 7.41. The Bertz CT molecular complexity index is 1090. The van der Waals surface area contributed by atoms with E-state index in [0.29, 0.717) is 23.7 Å². The minimum Gasteiger partial charge on any atom is -0.508 e. The fraction of sp³-hybridized carbons (Fsp3) is 0.391. The molecule has 3 atom stereocenters. The summed E-state index contributed by atoms with van der Waals surface area (Å²) >= 11 is 0. The van der Waals surface area contributed by atoms with E-state index in [9.17, 15) is 13.5 Å². The van der Waals surface area contributed by atoms with Gasteiger partial charge >= 0.3 is 0 Å². The van der Waals surface area contributed by atoms with E-state index < -0.39 is 10.0 Å². The van der Waals surface area contributed by atoms with Gasteiger partial charge in [-0.3, -0.25) is 0 Å². The van der Waals surface area contributed by atoms with E-state index in [0.717, 1.165) is 36.3 Å². The van der Waals surface area contributed by atoms with Gasteiger partial charge in [-0.1, -0.05) is 30.4 Å². The van der Waals surface area contributed by atoms with E-state index >= 15 is 0 Å².